The fourth-order valence-electron chi connectivity index (χ4n) is 2.43. The second-order valence-electron chi connectivity index (χ2n) is 5.71. The first-order chi connectivity index (χ1) is 12.1. The summed E-state index contributed by atoms with van der Waals surface area (Å²) in [6.07, 6.45) is 0. The summed E-state index contributed by atoms with van der Waals surface area (Å²) in [6.45, 7) is -0.570. The molecule has 0 saturated carbocycles. The number of halogens is 1. The SMILES string of the molecule is CN(C)c1ccc(C(=O)Nc2n[nH]c3ccc(OCCF)cc23)cc1. The van der Waals surface area contributed by atoms with Gasteiger partial charge in [0, 0.05) is 30.7 Å². The van der Waals surface area contributed by atoms with Crippen molar-refractivity contribution in [2.45, 2.75) is 0 Å². The number of hydrogen-bond acceptors (Lipinski definition) is 4. The first-order valence-corrected chi connectivity index (χ1v) is 7.84. The normalized spacial score (nSPS) is 10.7. The molecule has 130 valence electrons. The van der Waals surface area contributed by atoms with E-state index < -0.39 is 6.67 Å². The van der Waals surface area contributed by atoms with Crippen molar-refractivity contribution >= 4 is 28.3 Å². The fourth-order valence-corrected chi connectivity index (χ4v) is 2.43. The standard InChI is InChI=1S/C18H19FN4O2/c1-23(2)13-5-3-12(4-6-13)18(24)20-17-15-11-14(25-10-9-19)7-8-16(15)21-22-17/h3-8,11H,9-10H2,1-2H3,(H2,20,21,22,24). The van der Waals surface area contributed by atoms with Gasteiger partial charge >= 0.3 is 0 Å². The van der Waals surface area contributed by atoms with Crippen molar-refractivity contribution in [3.05, 3.63) is 48.0 Å². The van der Waals surface area contributed by atoms with Crippen molar-refractivity contribution in [3.8, 4) is 5.75 Å². The average Bonchev–Trinajstić information content (AvgIpc) is 3.02. The topological polar surface area (TPSA) is 70.2 Å². The van der Waals surface area contributed by atoms with Crippen molar-refractivity contribution in [1.82, 2.24) is 10.2 Å². The monoisotopic (exact) mass is 342 g/mol. The Labute approximate surface area is 144 Å². The molecule has 3 aromatic rings. The van der Waals surface area contributed by atoms with Crippen LogP contribution in [0.25, 0.3) is 10.9 Å². The first-order valence-electron chi connectivity index (χ1n) is 7.84. The molecule has 0 fully saturated rings. The van der Waals surface area contributed by atoms with E-state index in [9.17, 15) is 9.18 Å². The lowest BCUT2D eigenvalue weighted by atomic mass is 10.2. The molecule has 0 aliphatic rings. The molecule has 1 aromatic heterocycles. The van der Waals surface area contributed by atoms with E-state index in [4.69, 9.17) is 4.74 Å². The van der Waals surface area contributed by atoms with Crippen LogP contribution in [0.3, 0.4) is 0 Å². The van der Waals surface area contributed by atoms with Gasteiger partial charge in [-0.15, -0.1) is 0 Å². The lowest BCUT2D eigenvalue weighted by Gasteiger charge is -2.12. The van der Waals surface area contributed by atoms with Gasteiger partial charge in [0.25, 0.3) is 5.91 Å². The molecule has 0 bridgehead atoms. The number of aromatic nitrogens is 2. The predicted molar refractivity (Wildman–Crippen MR) is 96.3 cm³/mol. The number of anilines is 2. The highest BCUT2D eigenvalue weighted by molar-refractivity contribution is 6.08. The molecule has 3 rings (SSSR count). The zero-order valence-corrected chi connectivity index (χ0v) is 14.0. The van der Waals surface area contributed by atoms with Gasteiger partial charge in [-0.05, 0) is 42.5 Å². The van der Waals surface area contributed by atoms with E-state index in [0.717, 1.165) is 11.2 Å². The summed E-state index contributed by atoms with van der Waals surface area (Å²) >= 11 is 0. The largest absolute Gasteiger partial charge is 0.491 e. The number of carbonyl (C=O) groups excluding carboxylic acids is 1. The van der Waals surface area contributed by atoms with E-state index in [-0.39, 0.29) is 12.5 Å². The minimum Gasteiger partial charge on any atom is -0.491 e. The van der Waals surface area contributed by atoms with Crippen molar-refractivity contribution < 1.29 is 13.9 Å². The van der Waals surface area contributed by atoms with Crippen LogP contribution in [0.5, 0.6) is 5.75 Å². The third-order valence-corrected chi connectivity index (χ3v) is 3.76. The smallest absolute Gasteiger partial charge is 0.256 e. The number of nitrogens with zero attached hydrogens (tertiary/aromatic N) is 2. The molecule has 2 N–H and O–H groups in total. The number of nitrogens with one attached hydrogen (secondary N) is 2. The van der Waals surface area contributed by atoms with Gasteiger partial charge in [-0.1, -0.05) is 0 Å². The number of rotatable bonds is 6. The van der Waals surface area contributed by atoms with E-state index in [0.29, 0.717) is 22.5 Å². The molecular weight excluding hydrogens is 323 g/mol. The molecule has 0 atom stereocenters. The van der Waals surface area contributed by atoms with E-state index >= 15 is 0 Å². The lowest BCUT2D eigenvalue weighted by Crippen LogP contribution is -2.13. The molecule has 0 spiro atoms. The fraction of sp³-hybridized carbons (Fsp3) is 0.222. The maximum atomic E-state index is 12.4. The Morgan fingerprint density at radius 3 is 2.68 bits per heavy atom. The third-order valence-electron chi connectivity index (χ3n) is 3.76. The summed E-state index contributed by atoms with van der Waals surface area (Å²) in [7, 11) is 3.88. The maximum Gasteiger partial charge on any atom is 0.256 e. The zero-order chi connectivity index (χ0) is 17.8. The second kappa shape index (κ2) is 7.21. The Balaban J connectivity index is 1.80. The number of aromatic amines is 1. The highest BCUT2D eigenvalue weighted by Gasteiger charge is 2.12. The van der Waals surface area contributed by atoms with Crippen LogP contribution >= 0.6 is 0 Å². The van der Waals surface area contributed by atoms with Crippen LogP contribution in [0, 0.1) is 0 Å². The number of fused-ring (bicyclic) bond motifs is 1. The zero-order valence-electron chi connectivity index (χ0n) is 14.0. The lowest BCUT2D eigenvalue weighted by molar-refractivity contribution is 0.102. The van der Waals surface area contributed by atoms with E-state index in [1.807, 2.05) is 31.1 Å². The molecule has 0 aliphatic carbocycles. The van der Waals surface area contributed by atoms with Crippen LogP contribution in [0.4, 0.5) is 15.9 Å². The third kappa shape index (κ3) is 3.71. The average molecular weight is 342 g/mol. The minimum atomic E-state index is -0.560. The minimum absolute atomic E-state index is 0.0106. The van der Waals surface area contributed by atoms with Gasteiger partial charge in [0.1, 0.15) is 19.0 Å². The van der Waals surface area contributed by atoms with Crippen molar-refractivity contribution in [1.29, 1.82) is 0 Å². The Kier molecular flexibility index (Phi) is 4.83. The number of H-pyrrole nitrogens is 1. The van der Waals surface area contributed by atoms with Gasteiger partial charge in [0.15, 0.2) is 5.82 Å². The first kappa shape index (κ1) is 16.8. The van der Waals surface area contributed by atoms with Crippen LogP contribution in [-0.4, -0.2) is 43.5 Å². The number of hydrogen-bond donors (Lipinski definition) is 2. The summed E-state index contributed by atoms with van der Waals surface area (Å²) in [4.78, 5) is 14.4. The van der Waals surface area contributed by atoms with Gasteiger partial charge < -0.3 is 15.0 Å². The van der Waals surface area contributed by atoms with Gasteiger partial charge in [-0.3, -0.25) is 9.89 Å². The number of carbonyl (C=O) groups is 1. The van der Waals surface area contributed by atoms with Gasteiger partial charge in [0.05, 0.1) is 5.52 Å². The summed E-state index contributed by atoms with van der Waals surface area (Å²) in [6, 6.07) is 12.5. The number of alkyl halides is 1. The van der Waals surface area contributed by atoms with Crippen molar-refractivity contribution in [3.63, 3.8) is 0 Å². The molecule has 2 aromatic carbocycles. The van der Waals surface area contributed by atoms with Crippen LogP contribution in [0.2, 0.25) is 0 Å². The number of benzene rings is 2. The van der Waals surface area contributed by atoms with Crippen molar-refractivity contribution in [2.24, 2.45) is 0 Å². The Bertz CT molecular complexity index is 874. The molecule has 1 amide bonds. The predicted octanol–water partition coefficient (Wildman–Crippen LogP) is 3.23. The Hall–Kier alpha value is -3.09. The molecule has 0 unspecified atom stereocenters. The molecule has 0 saturated heterocycles. The second-order valence-corrected chi connectivity index (χ2v) is 5.71. The van der Waals surface area contributed by atoms with E-state index in [1.165, 1.54) is 0 Å². The Morgan fingerprint density at radius 2 is 2.00 bits per heavy atom. The number of amides is 1. The summed E-state index contributed by atoms with van der Waals surface area (Å²) < 4.78 is 17.5. The quantitative estimate of drug-likeness (QED) is 0.721. The highest BCUT2D eigenvalue weighted by Crippen LogP contribution is 2.26. The maximum absolute atomic E-state index is 12.4. The molecular formula is C18H19FN4O2. The van der Waals surface area contributed by atoms with Crippen LogP contribution in [0.1, 0.15) is 10.4 Å². The highest BCUT2D eigenvalue weighted by atomic mass is 19.1. The molecule has 0 radical (unpaired) electrons. The van der Waals surface area contributed by atoms with E-state index in [1.54, 1.807) is 30.3 Å². The van der Waals surface area contributed by atoms with Crippen LogP contribution in [0.15, 0.2) is 42.5 Å². The van der Waals surface area contributed by atoms with E-state index in [2.05, 4.69) is 15.5 Å². The molecule has 25 heavy (non-hydrogen) atoms. The van der Waals surface area contributed by atoms with Gasteiger partial charge in [-0.2, -0.15) is 5.10 Å². The van der Waals surface area contributed by atoms with Crippen LogP contribution < -0.4 is 15.0 Å². The summed E-state index contributed by atoms with van der Waals surface area (Å²) in [5, 5.41) is 10.5. The van der Waals surface area contributed by atoms with Crippen molar-refractivity contribution in [2.75, 3.05) is 37.6 Å². The molecule has 7 heteroatoms. The van der Waals surface area contributed by atoms with Gasteiger partial charge in [0.2, 0.25) is 0 Å². The number of ether oxygens (including phenoxy) is 1. The van der Waals surface area contributed by atoms with Gasteiger partial charge in [-0.25, -0.2) is 4.39 Å². The molecule has 6 nitrogen and oxygen atoms in total. The van der Waals surface area contributed by atoms with Crippen LogP contribution in [-0.2, 0) is 0 Å². The summed E-state index contributed by atoms with van der Waals surface area (Å²) in [5.74, 6) is 0.675. The summed E-state index contributed by atoms with van der Waals surface area (Å²) in [5.41, 5.74) is 2.30. The molecule has 0 aliphatic heterocycles. The molecule has 1 heterocycles. The Morgan fingerprint density at radius 1 is 1.24 bits per heavy atom.